The lowest BCUT2D eigenvalue weighted by molar-refractivity contribution is 0.354. The molecule has 0 spiro atoms. The lowest BCUT2D eigenvalue weighted by atomic mass is 10.1. The Bertz CT molecular complexity index is 596. The van der Waals surface area contributed by atoms with Crippen molar-refractivity contribution in [2.75, 3.05) is 14.2 Å². The Morgan fingerprint density at radius 2 is 1.80 bits per heavy atom. The molecule has 1 heterocycles. The number of methoxy groups -OCH3 is 2. The summed E-state index contributed by atoms with van der Waals surface area (Å²) in [7, 11) is 3.18. The molecular formula is C15H16Cl2O2S. The number of rotatable bonds is 5. The van der Waals surface area contributed by atoms with Gasteiger partial charge in [-0.1, -0.05) is 18.5 Å². The molecule has 0 saturated carbocycles. The van der Waals surface area contributed by atoms with E-state index in [1.165, 1.54) is 4.88 Å². The molecule has 5 heteroatoms. The Morgan fingerprint density at radius 1 is 1.15 bits per heavy atom. The predicted molar refractivity (Wildman–Crippen MR) is 85.9 cm³/mol. The maximum atomic E-state index is 6.56. The van der Waals surface area contributed by atoms with Crippen molar-refractivity contribution in [1.29, 1.82) is 0 Å². The third-order valence-electron chi connectivity index (χ3n) is 3.06. The number of hydrogen-bond donors (Lipinski definition) is 0. The quantitative estimate of drug-likeness (QED) is 0.691. The van der Waals surface area contributed by atoms with Crippen molar-refractivity contribution < 1.29 is 9.47 Å². The van der Waals surface area contributed by atoms with Gasteiger partial charge in [-0.05, 0) is 30.2 Å². The Morgan fingerprint density at radius 3 is 2.35 bits per heavy atom. The second kappa shape index (κ2) is 6.70. The standard InChI is InChI=1S/C15H16Cl2O2S/c1-4-9-5-6-14(20-9)15(17)10-7-12(18-2)13(19-3)8-11(10)16/h5-8,15H,4H2,1-3H3. The molecule has 0 bridgehead atoms. The molecule has 2 rings (SSSR count). The van der Waals surface area contributed by atoms with Gasteiger partial charge in [0.1, 0.15) is 0 Å². The van der Waals surface area contributed by atoms with Crippen molar-refractivity contribution in [2.24, 2.45) is 0 Å². The van der Waals surface area contributed by atoms with Gasteiger partial charge >= 0.3 is 0 Å². The van der Waals surface area contributed by atoms with E-state index in [2.05, 4.69) is 13.0 Å². The molecule has 1 atom stereocenters. The summed E-state index contributed by atoms with van der Waals surface area (Å²) in [6.07, 6.45) is 1.01. The van der Waals surface area contributed by atoms with E-state index < -0.39 is 0 Å². The van der Waals surface area contributed by atoms with Crippen LogP contribution in [0.3, 0.4) is 0 Å². The molecule has 0 N–H and O–H groups in total. The molecular weight excluding hydrogens is 315 g/mol. The Labute approximate surface area is 133 Å². The van der Waals surface area contributed by atoms with E-state index >= 15 is 0 Å². The van der Waals surface area contributed by atoms with Crippen molar-refractivity contribution in [3.63, 3.8) is 0 Å². The minimum Gasteiger partial charge on any atom is -0.493 e. The maximum absolute atomic E-state index is 6.56. The third kappa shape index (κ3) is 3.05. The fraction of sp³-hybridized carbons (Fsp3) is 0.333. The molecule has 2 nitrogen and oxygen atoms in total. The maximum Gasteiger partial charge on any atom is 0.162 e. The van der Waals surface area contributed by atoms with Gasteiger partial charge in [-0.25, -0.2) is 0 Å². The van der Waals surface area contributed by atoms with E-state index in [0.29, 0.717) is 16.5 Å². The molecule has 0 amide bonds. The molecule has 0 radical (unpaired) electrons. The highest BCUT2D eigenvalue weighted by Gasteiger charge is 2.19. The topological polar surface area (TPSA) is 18.5 Å². The highest BCUT2D eigenvalue weighted by atomic mass is 35.5. The zero-order valence-corrected chi connectivity index (χ0v) is 13.9. The van der Waals surface area contributed by atoms with Crippen molar-refractivity contribution in [2.45, 2.75) is 18.7 Å². The van der Waals surface area contributed by atoms with Crippen LogP contribution in [-0.4, -0.2) is 14.2 Å². The molecule has 0 aliphatic rings. The number of alkyl halides is 1. The molecule has 0 fully saturated rings. The van der Waals surface area contributed by atoms with Crippen LogP contribution < -0.4 is 9.47 Å². The van der Waals surface area contributed by atoms with Gasteiger partial charge in [-0.2, -0.15) is 0 Å². The normalized spacial score (nSPS) is 12.2. The highest BCUT2D eigenvalue weighted by molar-refractivity contribution is 7.12. The minimum atomic E-state index is -0.285. The van der Waals surface area contributed by atoms with Crippen LogP contribution in [-0.2, 0) is 6.42 Å². The fourth-order valence-corrected chi connectivity index (χ4v) is 3.59. The number of benzene rings is 1. The van der Waals surface area contributed by atoms with Gasteiger partial charge in [0, 0.05) is 20.8 Å². The van der Waals surface area contributed by atoms with Gasteiger partial charge in [-0.15, -0.1) is 22.9 Å². The van der Waals surface area contributed by atoms with Crippen LogP contribution in [0.2, 0.25) is 5.02 Å². The van der Waals surface area contributed by atoms with E-state index in [1.807, 2.05) is 12.1 Å². The lowest BCUT2D eigenvalue weighted by Gasteiger charge is -2.14. The van der Waals surface area contributed by atoms with E-state index in [-0.39, 0.29) is 5.38 Å². The summed E-state index contributed by atoms with van der Waals surface area (Å²) in [5, 5.41) is 0.293. The summed E-state index contributed by atoms with van der Waals surface area (Å²) in [6, 6.07) is 7.72. The van der Waals surface area contributed by atoms with Gasteiger partial charge in [0.25, 0.3) is 0 Å². The molecule has 1 aromatic carbocycles. The summed E-state index contributed by atoms with van der Waals surface area (Å²) in [5.41, 5.74) is 0.829. The van der Waals surface area contributed by atoms with Crippen LogP contribution in [0.4, 0.5) is 0 Å². The van der Waals surface area contributed by atoms with Crippen LogP contribution in [0, 0.1) is 0 Å². The summed E-state index contributed by atoms with van der Waals surface area (Å²) < 4.78 is 10.5. The number of thiophene rings is 1. The molecule has 1 aromatic heterocycles. The van der Waals surface area contributed by atoms with E-state index in [1.54, 1.807) is 31.6 Å². The van der Waals surface area contributed by atoms with Gasteiger partial charge < -0.3 is 9.47 Å². The average Bonchev–Trinajstić information content (AvgIpc) is 2.95. The predicted octanol–water partition coefficient (Wildman–Crippen LogP) is 5.31. The minimum absolute atomic E-state index is 0.285. The second-order valence-corrected chi connectivity index (χ2v) is 6.29. The van der Waals surface area contributed by atoms with Crippen molar-refractivity contribution in [3.8, 4) is 11.5 Å². The summed E-state index contributed by atoms with van der Waals surface area (Å²) in [4.78, 5) is 2.39. The monoisotopic (exact) mass is 330 g/mol. The first kappa shape index (κ1) is 15.5. The summed E-state index contributed by atoms with van der Waals surface area (Å²) >= 11 is 14.6. The first-order valence-corrected chi connectivity index (χ1v) is 7.87. The number of aryl methyl sites for hydroxylation is 1. The first-order valence-electron chi connectivity index (χ1n) is 6.24. The SMILES string of the molecule is CCc1ccc(C(Cl)c2cc(OC)c(OC)cc2Cl)s1. The molecule has 0 saturated heterocycles. The number of ether oxygens (including phenoxy) is 2. The van der Waals surface area contributed by atoms with Crippen molar-refractivity contribution in [1.82, 2.24) is 0 Å². The zero-order chi connectivity index (χ0) is 14.7. The fourth-order valence-electron chi connectivity index (χ4n) is 1.94. The number of hydrogen-bond acceptors (Lipinski definition) is 3. The average molecular weight is 331 g/mol. The van der Waals surface area contributed by atoms with Crippen molar-refractivity contribution >= 4 is 34.5 Å². The van der Waals surface area contributed by atoms with E-state index in [4.69, 9.17) is 32.7 Å². The molecule has 20 heavy (non-hydrogen) atoms. The van der Waals surface area contributed by atoms with Crippen LogP contribution in [0.1, 0.15) is 27.6 Å². The van der Waals surface area contributed by atoms with E-state index in [0.717, 1.165) is 16.9 Å². The van der Waals surface area contributed by atoms with Crippen LogP contribution in [0.5, 0.6) is 11.5 Å². The molecule has 0 aliphatic heterocycles. The van der Waals surface area contributed by atoms with Gasteiger partial charge in [0.05, 0.1) is 19.6 Å². The summed E-state index contributed by atoms with van der Waals surface area (Å²) in [6.45, 7) is 2.13. The molecule has 0 aliphatic carbocycles. The zero-order valence-electron chi connectivity index (χ0n) is 11.6. The van der Waals surface area contributed by atoms with Gasteiger partial charge in [0.15, 0.2) is 11.5 Å². The van der Waals surface area contributed by atoms with Crippen molar-refractivity contribution in [3.05, 3.63) is 44.6 Å². The molecule has 2 aromatic rings. The highest BCUT2D eigenvalue weighted by Crippen LogP contribution is 2.42. The first-order chi connectivity index (χ1) is 9.60. The Hall–Kier alpha value is -0.900. The van der Waals surface area contributed by atoms with Crippen LogP contribution >= 0.6 is 34.5 Å². The van der Waals surface area contributed by atoms with Gasteiger partial charge in [0.2, 0.25) is 0 Å². The Balaban J connectivity index is 2.40. The molecule has 108 valence electrons. The Kier molecular flexibility index (Phi) is 5.19. The number of halogens is 2. The lowest BCUT2D eigenvalue weighted by Crippen LogP contribution is -1.96. The van der Waals surface area contributed by atoms with Gasteiger partial charge in [-0.3, -0.25) is 0 Å². The smallest absolute Gasteiger partial charge is 0.162 e. The van der Waals surface area contributed by atoms with Crippen LogP contribution in [0.25, 0.3) is 0 Å². The summed E-state index contributed by atoms with van der Waals surface area (Å²) in [5.74, 6) is 1.23. The second-order valence-electron chi connectivity index (χ2n) is 4.25. The third-order valence-corrected chi connectivity index (χ3v) is 5.28. The molecule has 1 unspecified atom stereocenters. The largest absolute Gasteiger partial charge is 0.493 e. The van der Waals surface area contributed by atoms with E-state index in [9.17, 15) is 0 Å². The van der Waals surface area contributed by atoms with Crippen LogP contribution in [0.15, 0.2) is 24.3 Å².